The fourth-order valence-corrected chi connectivity index (χ4v) is 5.55. The number of hydrogen-bond donors (Lipinski definition) is 0. The zero-order chi connectivity index (χ0) is 27.4. The third kappa shape index (κ3) is 4.48. The first-order valence-corrected chi connectivity index (χ1v) is 12.3. The molecule has 202 valence electrons. The first kappa shape index (κ1) is 26.0. The first-order valence-electron chi connectivity index (χ1n) is 12.3. The van der Waals surface area contributed by atoms with E-state index in [1.54, 1.807) is 10.6 Å². The van der Waals surface area contributed by atoms with Crippen LogP contribution in [-0.2, 0) is 19.3 Å². The minimum absolute atomic E-state index is 0.0497. The molecular formula is C27H26F5N3O3. The van der Waals surface area contributed by atoms with Crippen LogP contribution in [-0.4, -0.2) is 21.1 Å². The van der Waals surface area contributed by atoms with Gasteiger partial charge in [-0.25, -0.2) is 13.6 Å². The molecule has 0 radical (unpaired) electrons. The molecular weight excluding hydrogens is 509 g/mol. The number of aromatic nitrogens is 2. The number of hydrogen-bond acceptors (Lipinski definition) is 5. The van der Waals surface area contributed by atoms with Crippen molar-refractivity contribution in [2.45, 2.75) is 70.9 Å². The van der Waals surface area contributed by atoms with Gasteiger partial charge in [0.25, 0.3) is 0 Å². The Morgan fingerprint density at radius 1 is 1.13 bits per heavy atom. The maximum Gasteiger partial charge on any atom is 0.416 e. The van der Waals surface area contributed by atoms with Gasteiger partial charge in [-0.15, -0.1) is 0 Å². The number of ether oxygens (including phenoxy) is 2. The highest BCUT2D eigenvalue weighted by atomic mass is 19.4. The summed E-state index contributed by atoms with van der Waals surface area (Å²) < 4.78 is 80.9. The maximum absolute atomic E-state index is 14.7. The highest BCUT2D eigenvalue weighted by molar-refractivity contribution is 5.52. The van der Waals surface area contributed by atoms with Crippen LogP contribution in [0.3, 0.4) is 0 Å². The van der Waals surface area contributed by atoms with Gasteiger partial charge in [0.2, 0.25) is 5.88 Å². The van der Waals surface area contributed by atoms with Crippen LogP contribution in [0.25, 0.3) is 0 Å². The second kappa shape index (κ2) is 9.28. The summed E-state index contributed by atoms with van der Waals surface area (Å²) in [5.41, 5.74) is -1.45. The standard InChI is InChI=1S/C27H26F5N3O3/c1-4-26-8-7-16(3)35(26)23-12-22(33-25(36)34(23)14-26)37-13-17-10-20(28)24(21(29)11-17)38-18-5-6-19(15(2)9-18)27(30,31)32/h5-6,9-12,16H,4,7-8,13-14H2,1-3H3. The largest absolute Gasteiger partial charge is 0.473 e. The quantitative estimate of drug-likeness (QED) is 0.344. The lowest BCUT2D eigenvalue weighted by atomic mass is 9.94. The topological polar surface area (TPSA) is 56.6 Å². The molecule has 0 amide bonds. The predicted molar refractivity (Wildman–Crippen MR) is 130 cm³/mol. The Bertz CT molecular complexity index is 1430. The maximum atomic E-state index is 14.7. The smallest absolute Gasteiger partial charge is 0.416 e. The van der Waals surface area contributed by atoms with Gasteiger partial charge in [-0.1, -0.05) is 6.92 Å². The Morgan fingerprint density at radius 2 is 1.84 bits per heavy atom. The third-order valence-corrected chi connectivity index (χ3v) is 7.47. The van der Waals surface area contributed by atoms with Crippen LogP contribution in [0.1, 0.15) is 49.8 Å². The van der Waals surface area contributed by atoms with Gasteiger partial charge in [0.05, 0.1) is 17.6 Å². The predicted octanol–water partition coefficient (Wildman–Crippen LogP) is 6.37. The fraction of sp³-hybridized carbons (Fsp3) is 0.407. The van der Waals surface area contributed by atoms with Crippen LogP contribution in [0.5, 0.6) is 17.4 Å². The molecule has 0 aliphatic carbocycles. The highest BCUT2D eigenvalue weighted by Crippen LogP contribution is 2.46. The zero-order valence-electron chi connectivity index (χ0n) is 21.0. The molecule has 3 heterocycles. The number of halogens is 5. The van der Waals surface area contributed by atoms with Crippen molar-refractivity contribution >= 4 is 5.82 Å². The van der Waals surface area contributed by atoms with Crippen molar-refractivity contribution in [2.24, 2.45) is 0 Å². The molecule has 11 heteroatoms. The van der Waals surface area contributed by atoms with E-state index in [-0.39, 0.29) is 40.9 Å². The molecule has 1 fully saturated rings. The SMILES string of the molecule is CCC12CCC(C)N1c1cc(OCc3cc(F)c(Oc4ccc(C(F)(F)F)c(C)c4)c(F)c3)nc(=O)n1C2. The summed E-state index contributed by atoms with van der Waals surface area (Å²) in [6.45, 7) is 5.74. The molecule has 2 aliphatic rings. The Hall–Kier alpha value is -3.63. The molecule has 2 aromatic carbocycles. The zero-order valence-corrected chi connectivity index (χ0v) is 21.0. The number of benzene rings is 2. The van der Waals surface area contributed by atoms with Crippen molar-refractivity contribution in [3.63, 3.8) is 0 Å². The number of aryl methyl sites for hydroxylation is 1. The van der Waals surface area contributed by atoms with Crippen LogP contribution in [0.15, 0.2) is 41.2 Å². The molecule has 1 aromatic heterocycles. The van der Waals surface area contributed by atoms with Gasteiger partial charge in [-0.2, -0.15) is 18.2 Å². The lowest BCUT2D eigenvalue weighted by molar-refractivity contribution is -0.138. The van der Waals surface area contributed by atoms with Crippen molar-refractivity contribution in [1.82, 2.24) is 9.55 Å². The molecule has 1 saturated heterocycles. The van der Waals surface area contributed by atoms with Gasteiger partial charge in [0, 0.05) is 12.1 Å². The molecule has 0 spiro atoms. The molecule has 38 heavy (non-hydrogen) atoms. The Balaban J connectivity index is 1.33. The third-order valence-electron chi connectivity index (χ3n) is 7.47. The summed E-state index contributed by atoms with van der Waals surface area (Å²) in [5.74, 6) is -2.22. The van der Waals surface area contributed by atoms with E-state index >= 15 is 0 Å². The van der Waals surface area contributed by atoms with E-state index in [1.165, 1.54) is 6.92 Å². The first-order chi connectivity index (χ1) is 17.9. The van der Waals surface area contributed by atoms with Crippen LogP contribution < -0.4 is 20.1 Å². The Kier molecular flexibility index (Phi) is 6.35. The summed E-state index contributed by atoms with van der Waals surface area (Å²) in [6, 6.07) is 6.78. The average molecular weight is 536 g/mol. The number of anilines is 1. The van der Waals surface area contributed by atoms with Gasteiger partial charge < -0.3 is 14.4 Å². The van der Waals surface area contributed by atoms with Crippen LogP contribution in [0.2, 0.25) is 0 Å². The second-order valence-electron chi connectivity index (χ2n) is 9.91. The molecule has 3 aromatic rings. The summed E-state index contributed by atoms with van der Waals surface area (Å²) >= 11 is 0. The summed E-state index contributed by atoms with van der Waals surface area (Å²) in [6.07, 6.45) is -1.68. The van der Waals surface area contributed by atoms with Crippen LogP contribution in [0.4, 0.5) is 27.8 Å². The van der Waals surface area contributed by atoms with Crippen molar-refractivity contribution in [2.75, 3.05) is 4.90 Å². The minimum Gasteiger partial charge on any atom is -0.473 e. The second-order valence-corrected chi connectivity index (χ2v) is 9.91. The van der Waals surface area contributed by atoms with E-state index < -0.39 is 34.8 Å². The fourth-order valence-electron chi connectivity index (χ4n) is 5.55. The van der Waals surface area contributed by atoms with Gasteiger partial charge >= 0.3 is 11.9 Å². The number of nitrogens with zero attached hydrogens (tertiary/aromatic N) is 3. The lowest BCUT2D eigenvalue weighted by Crippen LogP contribution is -2.43. The number of rotatable bonds is 6. The van der Waals surface area contributed by atoms with E-state index in [9.17, 15) is 26.7 Å². The van der Waals surface area contributed by atoms with E-state index in [1.807, 2.05) is 0 Å². The van der Waals surface area contributed by atoms with E-state index in [0.29, 0.717) is 6.54 Å². The van der Waals surface area contributed by atoms with Gasteiger partial charge in [0.15, 0.2) is 17.4 Å². The van der Waals surface area contributed by atoms with Crippen LogP contribution in [0, 0.1) is 18.6 Å². The molecule has 5 rings (SSSR count). The Labute approximate surface area is 215 Å². The summed E-state index contributed by atoms with van der Waals surface area (Å²) in [4.78, 5) is 19.0. The molecule has 2 unspecified atom stereocenters. The Morgan fingerprint density at radius 3 is 2.47 bits per heavy atom. The summed E-state index contributed by atoms with van der Waals surface area (Å²) in [5, 5.41) is 0. The molecule has 2 aliphatic heterocycles. The van der Waals surface area contributed by atoms with Gasteiger partial charge in [-0.3, -0.25) is 4.57 Å². The monoisotopic (exact) mass is 535 g/mol. The van der Waals surface area contributed by atoms with Crippen LogP contribution >= 0.6 is 0 Å². The molecule has 0 saturated carbocycles. The molecule has 0 N–H and O–H groups in total. The molecule has 2 atom stereocenters. The van der Waals surface area contributed by atoms with Crippen molar-refractivity contribution in [3.05, 3.63) is 75.2 Å². The van der Waals surface area contributed by atoms with E-state index in [2.05, 4.69) is 23.7 Å². The van der Waals surface area contributed by atoms with Gasteiger partial charge in [0.1, 0.15) is 18.2 Å². The lowest BCUT2D eigenvalue weighted by Gasteiger charge is -2.34. The number of alkyl halides is 3. The normalized spacial score (nSPS) is 20.4. The molecule has 6 nitrogen and oxygen atoms in total. The number of fused-ring (bicyclic) bond motifs is 3. The van der Waals surface area contributed by atoms with E-state index in [4.69, 9.17) is 9.47 Å². The van der Waals surface area contributed by atoms with Crippen molar-refractivity contribution in [3.8, 4) is 17.4 Å². The van der Waals surface area contributed by atoms with Crippen molar-refractivity contribution in [1.29, 1.82) is 0 Å². The minimum atomic E-state index is -4.55. The van der Waals surface area contributed by atoms with E-state index in [0.717, 1.165) is 55.4 Å². The summed E-state index contributed by atoms with van der Waals surface area (Å²) in [7, 11) is 0. The van der Waals surface area contributed by atoms with Crippen molar-refractivity contribution < 1.29 is 31.4 Å². The average Bonchev–Trinajstić information content (AvgIpc) is 3.35. The van der Waals surface area contributed by atoms with Gasteiger partial charge in [-0.05, 0) is 74.6 Å². The highest BCUT2D eigenvalue weighted by Gasteiger charge is 2.49. The molecule has 0 bridgehead atoms.